The van der Waals surface area contributed by atoms with E-state index >= 15 is 0 Å². The van der Waals surface area contributed by atoms with E-state index in [9.17, 15) is 17.6 Å². The fraction of sp³-hybridized carbons (Fsp3) is 0.158. The first-order valence-corrected chi connectivity index (χ1v) is 8.52. The first kappa shape index (κ1) is 18.8. The molecule has 0 spiro atoms. The van der Waals surface area contributed by atoms with Gasteiger partial charge < -0.3 is 5.32 Å². The van der Waals surface area contributed by atoms with Gasteiger partial charge in [-0.05, 0) is 26.0 Å². The average molecular weight is 402 g/mol. The maximum Gasteiger partial charge on any atom is 0.417 e. The van der Waals surface area contributed by atoms with E-state index in [-0.39, 0.29) is 17.2 Å². The molecule has 4 aromatic rings. The summed E-state index contributed by atoms with van der Waals surface area (Å²) in [5.74, 6) is -0.0171. The lowest BCUT2D eigenvalue weighted by atomic mass is 10.1. The Kier molecular flexibility index (Phi) is 4.40. The van der Waals surface area contributed by atoms with Gasteiger partial charge in [0.2, 0.25) is 0 Å². The van der Waals surface area contributed by atoms with E-state index in [1.165, 1.54) is 24.3 Å². The second kappa shape index (κ2) is 6.80. The predicted octanol–water partition coefficient (Wildman–Crippen LogP) is 4.93. The highest BCUT2D eigenvalue weighted by molar-refractivity contribution is 5.89. The normalized spacial score (nSPS) is 11.8. The van der Waals surface area contributed by atoms with Gasteiger partial charge in [-0.2, -0.15) is 18.3 Å². The van der Waals surface area contributed by atoms with Crippen molar-refractivity contribution in [3.63, 3.8) is 0 Å². The quantitative estimate of drug-likeness (QED) is 0.475. The molecule has 2 N–H and O–H groups in total. The van der Waals surface area contributed by atoms with Gasteiger partial charge in [-0.3, -0.25) is 5.10 Å². The third-order valence-electron chi connectivity index (χ3n) is 4.48. The van der Waals surface area contributed by atoms with Gasteiger partial charge in [0.1, 0.15) is 17.5 Å². The van der Waals surface area contributed by atoms with Crippen molar-refractivity contribution >= 4 is 22.7 Å². The van der Waals surface area contributed by atoms with E-state index in [4.69, 9.17) is 0 Å². The van der Waals surface area contributed by atoms with Crippen molar-refractivity contribution in [1.29, 1.82) is 0 Å². The number of H-pyrrole nitrogens is 1. The summed E-state index contributed by atoms with van der Waals surface area (Å²) in [6, 6.07) is 6.36. The SMILES string of the molecule is Cc1nc(-c2ccccc2C(F)(F)F)nc(Nc2[nH]nc3ncc(F)cc23)c1C. The summed E-state index contributed by atoms with van der Waals surface area (Å²) in [5, 5.41) is 10.0. The van der Waals surface area contributed by atoms with Crippen molar-refractivity contribution in [1.82, 2.24) is 25.1 Å². The van der Waals surface area contributed by atoms with E-state index in [1.54, 1.807) is 13.8 Å². The van der Waals surface area contributed by atoms with Crippen LogP contribution < -0.4 is 5.32 Å². The maximum atomic E-state index is 13.6. The third-order valence-corrected chi connectivity index (χ3v) is 4.48. The molecule has 3 aromatic heterocycles. The number of nitrogens with one attached hydrogen (secondary N) is 2. The first-order chi connectivity index (χ1) is 13.7. The Balaban J connectivity index is 1.83. The molecule has 0 saturated carbocycles. The van der Waals surface area contributed by atoms with E-state index in [2.05, 4.69) is 30.5 Å². The van der Waals surface area contributed by atoms with Gasteiger partial charge in [-0.1, -0.05) is 18.2 Å². The van der Waals surface area contributed by atoms with Crippen LogP contribution >= 0.6 is 0 Å². The van der Waals surface area contributed by atoms with Crippen molar-refractivity contribution in [3.05, 3.63) is 59.2 Å². The number of anilines is 2. The molecule has 0 amide bonds. The molecule has 0 aliphatic heterocycles. The first-order valence-electron chi connectivity index (χ1n) is 8.52. The maximum absolute atomic E-state index is 13.6. The van der Waals surface area contributed by atoms with Gasteiger partial charge in [0, 0.05) is 16.8 Å². The number of alkyl halides is 3. The van der Waals surface area contributed by atoms with Crippen molar-refractivity contribution in [2.45, 2.75) is 20.0 Å². The number of fused-ring (bicyclic) bond motifs is 1. The molecule has 4 rings (SSSR count). The molecule has 0 radical (unpaired) electrons. The lowest BCUT2D eigenvalue weighted by molar-refractivity contribution is -0.137. The van der Waals surface area contributed by atoms with Crippen molar-refractivity contribution < 1.29 is 17.6 Å². The van der Waals surface area contributed by atoms with Crippen LogP contribution in [-0.2, 0) is 6.18 Å². The number of pyridine rings is 1. The number of aromatic nitrogens is 5. The minimum Gasteiger partial charge on any atom is -0.324 e. The molecule has 3 heterocycles. The van der Waals surface area contributed by atoms with Crippen molar-refractivity contribution in [2.24, 2.45) is 0 Å². The third kappa shape index (κ3) is 3.48. The number of nitrogens with zero attached hydrogens (tertiary/aromatic N) is 4. The summed E-state index contributed by atoms with van der Waals surface area (Å²) >= 11 is 0. The minimum absolute atomic E-state index is 0.0725. The molecule has 0 atom stereocenters. The number of hydrogen-bond donors (Lipinski definition) is 2. The van der Waals surface area contributed by atoms with Crippen molar-refractivity contribution in [2.75, 3.05) is 5.32 Å². The number of halogens is 4. The van der Waals surface area contributed by atoms with E-state index in [1.807, 2.05) is 0 Å². The highest BCUT2D eigenvalue weighted by atomic mass is 19.4. The molecule has 0 unspecified atom stereocenters. The Morgan fingerprint density at radius 3 is 2.59 bits per heavy atom. The van der Waals surface area contributed by atoms with Crippen LogP contribution in [0.5, 0.6) is 0 Å². The monoisotopic (exact) mass is 402 g/mol. The van der Waals surface area contributed by atoms with Crippen LogP contribution in [0, 0.1) is 19.7 Å². The lowest BCUT2D eigenvalue weighted by Gasteiger charge is -2.15. The van der Waals surface area contributed by atoms with Gasteiger partial charge in [0.15, 0.2) is 11.5 Å². The molecule has 1 aromatic carbocycles. The summed E-state index contributed by atoms with van der Waals surface area (Å²) in [6.45, 7) is 3.41. The van der Waals surface area contributed by atoms with Gasteiger partial charge in [-0.25, -0.2) is 19.3 Å². The fourth-order valence-corrected chi connectivity index (χ4v) is 2.88. The number of rotatable bonds is 3. The molecular formula is C19H14F4N6. The molecule has 6 nitrogen and oxygen atoms in total. The van der Waals surface area contributed by atoms with E-state index in [0.29, 0.717) is 28.1 Å². The van der Waals surface area contributed by atoms with E-state index < -0.39 is 17.6 Å². The Labute approximate surface area is 162 Å². The zero-order chi connectivity index (χ0) is 20.8. The number of aromatic amines is 1. The molecule has 0 saturated heterocycles. The standard InChI is InChI=1S/C19H14F4N6/c1-9-10(2)25-17(12-5-3-4-6-14(12)19(21,22)23)26-15(9)27-18-13-7-11(20)8-24-16(13)28-29-18/h3-8H,1-2H3,(H2,24,25,26,27,28,29). The fourth-order valence-electron chi connectivity index (χ4n) is 2.88. The number of hydrogen-bond acceptors (Lipinski definition) is 5. The highest BCUT2D eigenvalue weighted by Gasteiger charge is 2.34. The predicted molar refractivity (Wildman–Crippen MR) is 99.1 cm³/mol. The molecule has 10 heteroatoms. The van der Waals surface area contributed by atoms with E-state index in [0.717, 1.165) is 12.3 Å². The molecular weight excluding hydrogens is 388 g/mol. The lowest BCUT2D eigenvalue weighted by Crippen LogP contribution is -2.09. The molecule has 29 heavy (non-hydrogen) atoms. The minimum atomic E-state index is -4.55. The molecule has 148 valence electrons. The van der Waals surface area contributed by atoms with Crippen LogP contribution in [0.25, 0.3) is 22.4 Å². The van der Waals surface area contributed by atoms with Crippen LogP contribution in [0.2, 0.25) is 0 Å². The van der Waals surface area contributed by atoms with Gasteiger partial charge >= 0.3 is 6.18 Å². The van der Waals surface area contributed by atoms with Crippen LogP contribution in [-0.4, -0.2) is 25.1 Å². The second-order valence-corrected chi connectivity index (χ2v) is 6.40. The second-order valence-electron chi connectivity index (χ2n) is 6.40. The summed E-state index contributed by atoms with van der Waals surface area (Å²) in [5.41, 5.74) is 0.466. The molecule has 0 aliphatic rings. The van der Waals surface area contributed by atoms with Gasteiger partial charge in [0.05, 0.1) is 17.1 Å². The smallest absolute Gasteiger partial charge is 0.324 e. The average Bonchev–Trinajstić information content (AvgIpc) is 3.06. The van der Waals surface area contributed by atoms with Crippen LogP contribution in [0.1, 0.15) is 16.8 Å². The van der Waals surface area contributed by atoms with Crippen LogP contribution in [0.3, 0.4) is 0 Å². The summed E-state index contributed by atoms with van der Waals surface area (Å²) in [7, 11) is 0. The molecule has 0 bridgehead atoms. The zero-order valence-corrected chi connectivity index (χ0v) is 15.3. The Morgan fingerprint density at radius 2 is 1.83 bits per heavy atom. The molecule has 0 aliphatic carbocycles. The Hall–Kier alpha value is -3.56. The number of benzene rings is 1. The highest BCUT2D eigenvalue weighted by Crippen LogP contribution is 2.36. The van der Waals surface area contributed by atoms with Crippen LogP contribution in [0.15, 0.2) is 36.5 Å². The summed E-state index contributed by atoms with van der Waals surface area (Å²) in [6.07, 6.45) is -3.51. The topological polar surface area (TPSA) is 79.4 Å². The summed E-state index contributed by atoms with van der Waals surface area (Å²) in [4.78, 5) is 12.4. The Bertz CT molecular complexity index is 1220. The summed E-state index contributed by atoms with van der Waals surface area (Å²) < 4.78 is 53.8. The van der Waals surface area contributed by atoms with Gasteiger partial charge in [0.25, 0.3) is 0 Å². The number of aryl methyl sites for hydroxylation is 1. The molecule has 0 fully saturated rings. The largest absolute Gasteiger partial charge is 0.417 e. The van der Waals surface area contributed by atoms with Crippen molar-refractivity contribution in [3.8, 4) is 11.4 Å². The Morgan fingerprint density at radius 1 is 1.07 bits per heavy atom. The van der Waals surface area contributed by atoms with Crippen LogP contribution in [0.4, 0.5) is 29.2 Å². The zero-order valence-electron chi connectivity index (χ0n) is 15.3. The van der Waals surface area contributed by atoms with Gasteiger partial charge in [-0.15, -0.1) is 0 Å².